The molecule has 20 heavy (non-hydrogen) atoms. The fourth-order valence-electron chi connectivity index (χ4n) is 1.48. The molecule has 0 aliphatic heterocycles. The van der Waals surface area contributed by atoms with E-state index in [0.29, 0.717) is 18.0 Å². The van der Waals surface area contributed by atoms with E-state index in [0.717, 1.165) is 5.75 Å². The summed E-state index contributed by atoms with van der Waals surface area (Å²) in [5.74, 6) is 1.98. The molecule has 0 bridgehead atoms. The zero-order valence-electron chi connectivity index (χ0n) is 12.6. The first kappa shape index (κ1) is 16.7. The molecule has 1 aromatic rings. The Bertz CT molecular complexity index is 429. The molecule has 4 nitrogen and oxygen atoms in total. The van der Waals surface area contributed by atoms with Crippen LogP contribution in [0.2, 0.25) is 0 Å². The van der Waals surface area contributed by atoms with Crippen molar-refractivity contribution in [2.24, 2.45) is 0 Å². The molecule has 112 valence electrons. The molecule has 1 amide bonds. The lowest BCUT2D eigenvalue weighted by molar-refractivity contribution is -0.122. The Labute approximate surface area is 125 Å². The van der Waals surface area contributed by atoms with Crippen molar-refractivity contribution in [2.75, 3.05) is 26.0 Å². The van der Waals surface area contributed by atoms with E-state index >= 15 is 0 Å². The second-order valence-corrected chi connectivity index (χ2v) is 7.17. The molecule has 5 heteroatoms. The van der Waals surface area contributed by atoms with E-state index in [4.69, 9.17) is 9.47 Å². The van der Waals surface area contributed by atoms with Gasteiger partial charge in [0.2, 0.25) is 0 Å². The molecule has 0 unspecified atom stereocenters. The minimum atomic E-state index is -0.120. The first-order valence-corrected chi connectivity index (χ1v) is 7.57. The zero-order valence-corrected chi connectivity index (χ0v) is 13.4. The van der Waals surface area contributed by atoms with Crippen molar-refractivity contribution in [2.45, 2.75) is 25.5 Å². The van der Waals surface area contributed by atoms with Gasteiger partial charge in [-0.2, -0.15) is 11.8 Å². The van der Waals surface area contributed by atoms with Gasteiger partial charge in [0.25, 0.3) is 5.91 Å². The summed E-state index contributed by atoms with van der Waals surface area (Å²) >= 11 is 1.82. The van der Waals surface area contributed by atoms with Crippen molar-refractivity contribution in [1.29, 1.82) is 0 Å². The topological polar surface area (TPSA) is 47.6 Å². The van der Waals surface area contributed by atoms with Crippen molar-refractivity contribution in [3.63, 3.8) is 0 Å². The summed E-state index contributed by atoms with van der Waals surface area (Å²) < 4.78 is 10.8. The lowest BCUT2D eigenvalue weighted by atomic mass is 10.3. The van der Waals surface area contributed by atoms with Crippen LogP contribution >= 0.6 is 11.8 Å². The van der Waals surface area contributed by atoms with E-state index in [9.17, 15) is 4.79 Å². The molecule has 0 radical (unpaired) electrons. The van der Waals surface area contributed by atoms with Crippen LogP contribution in [0.4, 0.5) is 0 Å². The number of amides is 1. The summed E-state index contributed by atoms with van der Waals surface area (Å²) in [5, 5.41) is 2.84. The normalized spacial score (nSPS) is 11.0. The number of hydrogen-bond donors (Lipinski definition) is 1. The molecule has 0 aliphatic carbocycles. The molecule has 0 atom stereocenters. The molecule has 0 saturated heterocycles. The number of carbonyl (C=O) groups is 1. The lowest BCUT2D eigenvalue weighted by Gasteiger charge is -2.17. The molecule has 0 fully saturated rings. The highest BCUT2D eigenvalue weighted by Crippen LogP contribution is 2.25. The van der Waals surface area contributed by atoms with Gasteiger partial charge in [0, 0.05) is 17.0 Å². The van der Waals surface area contributed by atoms with Gasteiger partial charge in [-0.05, 0) is 12.1 Å². The third-order valence-electron chi connectivity index (χ3n) is 2.39. The van der Waals surface area contributed by atoms with Crippen LogP contribution in [0.3, 0.4) is 0 Å². The Morgan fingerprint density at radius 3 is 2.50 bits per heavy atom. The molecule has 1 aromatic carbocycles. The minimum absolute atomic E-state index is 0.000553. The third kappa shape index (κ3) is 6.70. The monoisotopic (exact) mass is 297 g/mol. The van der Waals surface area contributed by atoms with Gasteiger partial charge in [0.1, 0.15) is 0 Å². The largest absolute Gasteiger partial charge is 0.493 e. The van der Waals surface area contributed by atoms with E-state index in [1.807, 2.05) is 23.9 Å². The predicted molar refractivity (Wildman–Crippen MR) is 83.7 cm³/mol. The quantitative estimate of drug-likeness (QED) is 0.786. The number of ether oxygens (including phenoxy) is 2. The Morgan fingerprint density at radius 2 is 1.90 bits per heavy atom. The number of thioether (sulfide) groups is 1. The molecule has 1 rings (SSSR count). The van der Waals surface area contributed by atoms with Crippen molar-refractivity contribution < 1.29 is 14.3 Å². The summed E-state index contributed by atoms with van der Waals surface area (Å²) in [6, 6.07) is 7.28. The molecule has 0 spiro atoms. The Hall–Kier alpha value is -1.36. The van der Waals surface area contributed by atoms with E-state index in [-0.39, 0.29) is 17.3 Å². The van der Waals surface area contributed by atoms with E-state index in [1.165, 1.54) is 0 Å². The third-order valence-corrected chi connectivity index (χ3v) is 3.66. The van der Waals surface area contributed by atoms with Gasteiger partial charge in [0.15, 0.2) is 18.1 Å². The van der Waals surface area contributed by atoms with Gasteiger partial charge >= 0.3 is 0 Å². The predicted octanol–water partition coefficient (Wildman–Crippen LogP) is 2.72. The van der Waals surface area contributed by atoms with Crippen molar-refractivity contribution in [1.82, 2.24) is 5.32 Å². The maximum Gasteiger partial charge on any atom is 0.257 e. The molecule has 0 aromatic heterocycles. The molecule has 0 saturated carbocycles. The number of benzene rings is 1. The van der Waals surface area contributed by atoms with Crippen LogP contribution in [0.5, 0.6) is 11.5 Å². The average molecular weight is 297 g/mol. The number of rotatable bonds is 7. The summed E-state index contributed by atoms with van der Waals surface area (Å²) in [5.41, 5.74) is 0. The van der Waals surface area contributed by atoms with Crippen LogP contribution in [0, 0.1) is 0 Å². The van der Waals surface area contributed by atoms with Crippen molar-refractivity contribution in [3.8, 4) is 11.5 Å². The van der Waals surface area contributed by atoms with E-state index < -0.39 is 0 Å². The van der Waals surface area contributed by atoms with Gasteiger partial charge in [-0.15, -0.1) is 0 Å². The first-order valence-electron chi connectivity index (χ1n) is 6.59. The van der Waals surface area contributed by atoms with Crippen molar-refractivity contribution in [3.05, 3.63) is 24.3 Å². The zero-order chi connectivity index (χ0) is 15.0. The Morgan fingerprint density at radius 1 is 1.25 bits per heavy atom. The Balaban J connectivity index is 2.26. The molecule has 0 aliphatic rings. The lowest BCUT2D eigenvalue weighted by Crippen LogP contribution is -2.31. The highest BCUT2D eigenvalue weighted by Gasteiger charge is 2.10. The molecule has 1 N–H and O–H groups in total. The van der Waals surface area contributed by atoms with Crippen LogP contribution in [-0.4, -0.2) is 36.7 Å². The van der Waals surface area contributed by atoms with Crippen LogP contribution in [-0.2, 0) is 4.79 Å². The molecular weight excluding hydrogens is 274 g/mol. The van der Waals surface area contributed by atoms with E-state index in [2.05, 4.69) is 26.1 Å². The Kier molecular flexibility index (Phi) is 6.71. The van der Waals surface area contributed by atoms with Crippen LogP contribution < -0.4 is 14.8 Å². The SMILES string of the molecule is COc1ccccc1OCC(=O)NCCSC(C)(C)C. The summed E-state index contributed by atoms with van der Waals surface area (Å²) in [6.07, 6.45) is 0. The highest BCUT2D eigenvalue weighted by atomic mass is 32.2. The smallest absolute Gasteiger partial charge is 0.257 e. The fraction of sp³-hybridized carbons (Fsp3) is 0.533. The van der Waals surface area contributed by atoms with Gasteiger partial charge < -0.3 is 14.8 Å². The standard InChI is InChI=1S/C15H23NO3S/c1-15(2,3)20-10-9-16-14(17)11-19-13-8-6-5-7-12(13)18-4/h5-8H,9-11H2,1-4H3,(H,16,17). The number of para-hydroxylation sites is 2. The maximum absolute atomic E-state index is 11.7. The number of carbonyl (C=O) groups excluding carboxylic acids is 1. The van der Waals surface area contributed by atoms with Gasteiger partial charge in [-0.3, -0.25) is 4.79 Å². The van der Waals surface area contributed by atoms with Crippen molar-refractivity contribution >= 4 is 17.7 Å². The molecular formula is C15H23NO3S. The molecule has 0 heterocycles. The number of nitrogens with one attached hydrogen (secondary N) is 1. The van der Waals surface area contributed by atoms with Gasteiger partial charge in [0.05, 0.1) is 7.11 Å². The van der Waals surface area contributed by atoms with E-state index in [1.54, 1.807) is 19.2 Å². The minimum Gasteiger partial charge on any atom is -0.493 e. The average Bonchev–Trinajstić information content (AvgIpc) is 2.40. The second-order valence-electron chi connectivity index (χ2n) is 5.25. The highest BCUT2D eigenvalue weighted by molar-refractivity contribution is 8.00. The summed E-state index contributed by atoms with van der Waals surface area (Å²) in [7, 11) is 1.58. The maximum atomic E-state index is 11.7. The summed E-state index contributed by atoms with van der Waals surface area (Å²) in [4.78, 5) is 11.7. The first-order chi connectivity index (χ1) is 9.42. The van der Waals surface area contributed by atoms with Gasteiger partial charge in [-0.25, -0.2) is 0 Å². The number of hydrogen-bond acceptors (Lipinski definition) is 4. The van der Waals surface area contributed by atoms with Gasteiger partial charge in [-0.1, -0.05) is 32.9 Å². The van der Waals surface area contributed by atoms with Crippen LogP contribution in [0.1, 0.15) is 20.8 Å². The van der Waals surface area contributed by atoms with Crippen LogP contribution in [0.25, 0.3) is 0 Å². The second kappa shape index (κ2) is 8.04. The fourth-order valence-corrected chi connectivity index (χ4v) is 2.30. The number of methoxy groups -OCH3 is 1. The van der Waals surface area contributed by atoms with Crippen LogP contribution in [0.15, 0.2) is 24.3 Å². The summed E-state index contributed by atoms with van der Waals surface area (Å²) in [6.45, 7) is 7.12.